The van der Waals surface area contributed by atoms with E-state index in [4.69, 9.17) is 16.3 Å². The quantitative estimate of drug-likeness (QED) is 0.431. The Morgan fingerprint density at radius 3 is 2.64 bits per heavy atom. The number of rotatable bonds is 7. The highest BCUT2D eigenvalue weighted by atomic mass is 35.5. The van der Waals surface area contributed by atoms with Gasteiger partial charge in [0, 0.05) is 22.9 Å². The topological polar surface area (TPSA) is 39.9 Å². The fraction of sp³-hybridized carbons (Fsp3) is 0.333. The Labute approximate surface area is 174 Å². The number of nitrogens with zero attached hydrogens (tertiary/aromatic N) is 3. The first-order chi connectivity index (χ1) is 13.4. The van der Waals surface area contributed by atoms with Gasteiger partial charge in [-0.3, -0.25) is 0 Å². The lowest BCUT2D eigenvalue weighted by Crippen LogP contribution is -2.12. The van der Waals surface area contributed by atoms with Gasteiger partial charge in [0.05, 0.1) is 0 Å². The standard InChI is InChI=1S/C21H23ClFN3OS/c1-5-26-20(15(4)27-19-11-6-8-13(2)14(19)3)24-25-21(26)28-12-16-17(22)9-7-10-18(16)23/h6-11,15H,5,12H2,1-4H3. The van der Waals surface area contributed by atoms with Crippen molar-refractivity contribution in [1.29, 1.82) is 0 Å². The van der Waals surface area contributed by atoms with E-state index in [0.29, 0.717) is 28.0 Å². The Hall–Kier alpha value is -2.05. The molecule has 3 rings (SSSR count). The van der Waals surface area contributed by atoms with Gasteiger partial charge in [-0.2, -0.15) is 0 Å². The molecule has 0 amide bonds. The zero-order valence-corrected chi connectivity index (χ0v) is 17.9. The highest BCUT2D eigenvalue weighted by Crippen LogP contribution is 2.31. The first kappa shape index (κ1) is 20.7. The Kier molecular flexibility index (Phi) is 6.62. The minimum absolute atomic E-state index is 0.264. The lowest BCUT2D eigenvalue weighted by Gasteiger charge is -2.17. The van der Waals surface area contributed by atoms with Crippen molar-refractivity contribution >= 4 is 23.4 Å². The molecule has 0 radical (unpaired) electrons. The normalized spacial score (nSPS) is 12.2. The number of halogens is 2. The van der Waals surface area contributed by atoms with Gasteiger partial charge in [0.25, 0.3) is 0 Å². The van der Waals surface area contributed by atoms with Gasteiger partial charge in [-0.15, -0.1) is 10.2 Å². The third-order valence-electron chi connectivity index (χ3n) is 4.69. The smallest absolute Gasteiger partial charge is 0.191 e. The third kappa shape index (κ3) is 4.33. The van der Waals surface area contributed by atoms with Crippen molar-refractivity contribution in [3.63, 3.8) is 0 Å². The first-order valence-electron chi connectivity index (χ1n) is 9.14. The van der Waals surface area contributed by atoms with Crippen LogP contribution in [-0.2, 0) is 12.3 Å². The molecule has 1 aromatic heterocycles. The van der Waals surface area contributed by atoms with Crippen LogP contribution in [0.4, 0.5) is 4.39 Å². The summed E-state index contributed by atoms with van der Waals surface area (Å²) in [5.41, 5.74) is 2.77. The van der Waals surface area contributed by atoms with Crippen LogP contribution in [0.3, 0.4) is 0 Å². The summed E-state index contributed by atoms with van der Waals surface area (Å²) in [5.74, 6) is 1.65. The van der Waals surface area contributed by atoms with E-state index in [1.54, 1.807) is 12.1 Å². The summed E-state index contributed by atoms with van der Waals surface area (Å²) in [4.78, 5) is 0. The number of ether oxygens (including phenoxy) is 1. The lowest BCUT2D eigenvalue weighted by atomic mass is 10.1. The molecule has 0 bridgehead atoms. The summed E-state index contributed by atoms with van der Waals surface area (Å²) >= 11 is 7.54. The second kappa shape index (κ2) is 8.97. The summed E-state index contributed by atoms with van der Waals surface area (Å²) in [7, 11) is 0. The van der Waals surface area contributed by atoms with Crippen LogP contribution in [0, 0.1) is 19.7 Å². The first-order valence-corrected chi connectivity index (χ1v) is 10.5. The maximum Gasteiger partial charge on any atom is 0.191 e. The van der Waals surface area contributed by atoms with E-state index in [-0.39, 0.29) is 11.9 Å². The minimum atomic E-state index is -0.311. The average Bonchev–Trinajstić information content (AvgIpc) is 3.08. The number of hydrogen-bond acceptors (Lipinski definition) is 4. The molecule has 0 aliphatic carbocycles. The molecule has 0 saturated carbocycles. The van der Waals surface area contributed by atoms with Crippen molar-refractivity contribution in [3.8, 4) is 5.75 Å². The van der Waals surface area contributed by atoms with Crippen LogP contribution in [0.2, 0.25) is 5.02 Å². The van der Waals surface area contributed by atoms with E-state index < -0.39 is 0 Å². The van der Waals surface area contributed by atoms with Crippen molar-refractivity contribution < 1.29 is 9.13 Å². The summed E-state index contributed by atoms with van der Waals surface area (Å²) in [5, 5.41) is 9.76. The molecule has 0 N–H and O–H groups in total. The maximum atomic E-state index is 14.0. The predicted octanol–water partition coefficient (Wildman–Crippen LogP) is 6.14. The number of aromatic nitrogens is 3. The largest absolute Gasteiger partial charge is 0.482 e. The molecule has 3 aromatic rings. The molecule has 1 atom stereocenters. The van der Waals surface area contributed by atoms with Crippen LogP contribution < -0.4 is 4.74 Å². The molecule has 4 nitrogen and oxygen atoms in total. The minimum Gasteiger partial charge on any atom is -0.482 e. The van der Waals surface area contributed by atoms with Gasteiger partial charge in [0.2, 0.25) is 0 Å². The molecule has 148 valence electrons. The highest BCUT2D eigenvalue weighted by Gasteiger charge is 2.20. The molecule has 2 aromatic carbocycles. The SMILES string of the molecule is CCn1c(SCc2c(F)cccc2Cl)nnc1C(C)Oc1cccc(C)c1C. The Morgan fingerprint density at radius 1 is 1.18 bits per heavy atom. The molecular weight excluding hydrogens is 397 g/mol. The van der Waals surface area contributed by atoms with Crippen molar-refractivity contribution in [2.24, 2.45) is 0 Å². The van der Waals surface area contributed by atoms with Gasteiger partial charge >= 0.3 is 0 Å². The molecule has 0 spiro atoms. The summed E-state index contributed by atoms with van der Waals surface area (Å²) < 4.78 is 22.2. The number of hydrogen-bond donors (Lipinski definition) is 0. The molecule has 0 aliphatic rings. The number of thioether (sulfide) groups is 1. The molecule has 7 heteroatoms. The molecule has 0 fully saturated rings. The second-order valence-electron chi connectivity index (χ2n) is 6.53. The van der Waals surface area contributed by atoms with Gasteiger partial charge in [-0.25, -0.2) is 4.39 Å². The van der Waals surface area contributed by atoms with Crippen LogP contribution in [0.15, 0.2) is 41.6 Å². The highest BCUT2D eigenvalue weighted by molar-refractivity contribution is 7.98. The van der Waals surface area contributed by atoms with E-state index in [1.807, 2.05) is 37.5 Å². The Bertz CT molecular complexity index is 956. The van der Waals surface area contributed by atoms with E-state index in [9.17, 15) is 4.39 Å². The van der Waals surface area contributed by atoms with Crippen LogP contribution in [0.5, 0.6) is 5.75 Å². The van der Waals surface area contributed by atoms with E-state index in [1.165, 1.54) is 23.4 Å². The van der Waals surface area contributed by atoms with Crippen molar-refractivity contribution in [2.75, 3.05) is 0 Å². The molecular formula is C21H23ClFN3OS. The zero-order chi connectivity index (χ0) is 20.3. The average molecular weight is 420 g/mol. The van der Waals surface area contributed by atoms with Gasteiger partial charge in [-0.05, 0) is 57.0 Å². The van der Waals surface area contributed by atoms with Crippen LogP contribution in [0.25, 0.3) is 0 Å². The second-order valence-corrected chi connectivity index (χ2v) is 7.88. The van der Waals surface area contributed by atoms with Crippen LogP contribution in [0.1, 0.15) is 42.5 Å². The van der Waals surface area contributed by atoms with E-state index in [0.717, 1.165) is 17.1 Å². The molecule has 28 heavy (non-hydrogen) atoms. The fourth-order valence-corrected chi connectivity index (χ4v) is 4.26. The summed E-state index contributed by atoms with van der Waals surface area (Å²) in [6.45, 7) is 8.78. The molecule has 0 aliphatic heterocycles. The number of benzene rings is 2. The maximum absolute atomic E-state index is 14.0. The van der Waals surface area contributed by atoms with Crippen molar-refractivity contribution in [1.82, 2.24) is 14.8 Å². The van der Waals surface area contributed by atoms with E-state index in [2.05, 4.69) is 23.2 Å². The van der Waals surface area contributed by atoms with Gasteiger partial charge in [0.1, 0.15) is 11.6 Å². The molecule has 0 saturated heterocycles. The van der Waals surface area contributed by atoms with Gasteiger partial charge in [-0.1, -0.05) is 41.6 Å². The number of aryl methyl sites for hydroxylation is 1. The van der Waals surface area contributed by atoms with Gasteiger partial charge in [0.15, 0.2) is 17.1 Å². The Balaban J connectivity index is 1.78. The molecule has 1 unspecified atom stereocenters. The van der Waals surface area contributed by atoms with Crippen molar-refractivity contribution in [2.45, 2.75) is 51.3 Å². The van der Waals surface area contributed by atoms with Crippen LogP contribution in [-0.4, -0.2) is 14.8 Å². The molecule has 1 heterocycles. The van der Waals surface area contributed by atoms with Gasteiger partial charge < -0.3 is 9.30 Å². The third-order valence-corrected chi connectivity index (χ3v) is 6.04. The summed E-state index contributed by atoms with van der Waals surface area (Å²) in [6.07, 6.45) is -0.264. The monoisotopic (exact) mass is 419 g/mol. The Morgan fingerprint density at radius 2 is 1.93 bits per heavy atom. The predicted molar refractivity (Wildman–Crippen MR) is 112 cm³/mol. The zero-order valence-electron chi connectivity index (χ0n) is 16.4. The summed E-state index contributed by atoms with van der Waals surface area (Å²) in [6, 6.07) is 10.7. The van der Waals surface area contributed by atoms with E-state index >= 15 is 0 Å². The van der Waals surface area contributed by atoms with Crippen LogP contribution >= 0.6 is 23.4 Å². The van der Waals surface area contributed by atoms with Crippen molar-refractivity contribution in [3.05, 3.63) is 69.8 Å². The fourth-order valence-electron chi connectivity index (χ4n) is 2.91. The lowest BCUT2D eigenvalue weighted by molar-refractivity contribution is 0.208.